The molecule has 3 nitrogen and oxygen atoms in total. The number of hydrogen-bond donors (Lipinski definition) is 0. The van der Waals surface area contributed by atoms with Crippen LogP contribution in [-0.2, 0) is 19.8 Å². The number of rotatable bonds is 6. The van der Waals surface area contributed by atoms with E-state index >= 15 is 0 Å². The highest BCUT2D eigenvalue weighted by Crippen LogP contribution is 2.52. The fourth-order valence-electron chi connectivity index (χ4n) is 1.91. The Hall–Kier alpha value is -0.150. The summed E-state index contributed by atoms with van der Waals surface area (Å²) >= 11 is 3.46. The molecule has 0 amide bonds. The van der Waals surface area contributed by atoms with Crippen LogP contribution in [0.3, 0.4) is 0 Å². The Morgan fingerprint density at radius 1 is 1.11 bits per heavy atom. The van der Waals surface area contributed by atoms with Crippen LogP contribution in [-0.4, -0.2) is 13.2 Å². The molecule has 0 aliphatic heterocycles. The standard InChI is InChI=1S/C13H20BrO3P/c1-5-16-18(15,17-6-2)9-13-10(3)7-12(14)8-11(13)4/h7-8H,5-6,9H2,1-4H3. The van der Waals surface area contributed by atoms with E-state index in [1.807, 2.05) is 39.8 Å². The molecule has 0 fully saturated rings. The average molecular weight is 335 g/mol. The molecule has 0 saturated carbocycles. The van der Waals surface area contributed by atoms with Gasteiger partial charge in [-0.1, -0.05) is 15.9 Å². The summed E-state index contributed by atoms with van der Waals surface area (Å²) in [4.78, 5) is 0. The predicted molar refractivity (Wildman–Crippen MR) is 78.2 cm³/mol. The van der Waals surface area contributed by atoms with E-state index in [-0.39, 0.29) is 0 Å². The van der Waals surface area contributed by atoms with E-state index in [4.69, 9.17) is 9.05 Å². The minimum absolute atomic E-state index is 0.333. The van der Waals surface area contributed by atoms with E-state index in [1.165, 1.54) is 0 Å². The lowest BCUT2D eigenvalue weighted by Crippen LogP contribution is -2.02. The molecule has 1 aromatic rings. The van der Waals surface area contributed by atoms with Crippen molar-refractivity contribution in [2.45, 2.75) is 33.9 Å². The van der Waals surface area contributed by atoms with Crippen molar-refractivity contribution in [3.63, 3.8) is 0 Å². The fourth-order valence-corrected chi connectivity index (χ4v) is 4.52. The van der Waals surface area contributed by atoms with Gasteiger partial charge in [-0.25, -0.2) is 0 Å². The van der Waals surface area contributed by atoms with Gasteiger partial charge in [0.1, 0.15) is 0 Å². The molecule has 0 heterocycles. The maximum absolute atomic E-state index is 12.5. The lowest BCUT2D eigenvalue weighted by Gasteiger charge is -2.19. The van der Waals surface area contributed by atoms with Crippen LogP contribution in [0.2, 0.25) is 0 Å². The average Bonchev–Trinajstić information content (AvgIpc) is 2.24. The highest BCUT2D eigenvalue weighted by molar-refractivity contribution is 9.10. The molecule has 0 saturated heterocycles. The molecule has 0 radical (unpaired) electrons. The maximum Gasteiger partial charge on any atom is 0.335 e. The summed E-state index contributed by atoms with van der Waals surface area (Å²) in [5, 5.41) is 0. The molecule has 0 N–H and O–H groups in total. The Kier molecular flexibility index (Phi) is 6.06. The van der Waals surface area contributed by atoms with E-state index in [0.717, 1.165) is 21.2 Å². The SMILES string of the molecule is CCOP(=O)(Cc1c(C)cc(Br)cc1C)OCC. The van der Waals surface area contributed by atoms with E-state index in [9.17, 15) is 4.57 Å². The number of aryl methyl sites for hydroxylation is 2. The first-order valence-electron chi connectivity index (χ1n) is 6.05. The van der Waals surface area contributed by atoms with Gasteiger partial charge in [0.15, 0.2) is 0 Å². The minimum Gasteiger partial charge on any atom is -0.309 e. The van der Waals surface area contributed by atoms with Crippen molar-refractivity contribution in [1.82, 2.24) is 0 Å². The molecule has 0 atom stereocenters. The van der Waals surface area contributed by atoms with Gasteiger partial charge >= 0.3 is 7.60 Å². The van der Waals surface area contributed by atoms with E-state index in [0.29, 0.717) is 19.4 Å². The highest BCUT2D eigenvalue weighted by Gasteiger charge is 2.25. The molecular weight excluding hydrogens is 315 g/mol. The normalized spacial score (nSPS) is 11.8. The third-order valence-electron chi connectivity index (χ3n) is 2.66. The molecular formula is C13H20BrO3P. The molecule has 0 aromatic heterocycles. The molecule has 0 aliphatic carbocycles. The number of benzene rings is 1. The minimum atomic E-state index is -3.03. The maximum atomic E-state index is 12.5. The number of hydrogen-bond acceptors (Lipinski definition) is 3. The topological polar surface area (TPSA) is 35.5 Å². The van der Waals surface area contributed by atoms with Gasteiger partial charge in [0.05, 0.1) is 19.4 Å². The largest absolute Gasteiger partial charge is 0.335 e. The van der Waals surface area contributed by atoms with Crippen LogP contribution in [0.1, 0.15) is 30.5 Å². The van der Waals surface area contributed by atoms with E-state index < -0.39 is 7.60 Å². The summed E-state index contributed by atoms with van der Waals surface area (Å²) in [6.07, 6.45) is 0.333. The van der Waals surface area contributed by atoms with Crippen LogP contribution >= 0.6 is 23.5 Å². The molecule has 5 heteroatoms. The van der Waals surface area contributed by atoms with Crippen molar-refractivity contribution in [2.75, 3.05) is 13.2 Å². The Morgan fingerprint density at radius 3 is 1.94 bits per heavy atom. The first kappa shape index (κ1) is 15.9. The molecule has 0 spiro atoms. The number of halogens is 1. The van der Waals surface area contributed by atoms with Crippen LogP contribution in [0, 0.1) is 13.8 Å². The van der Waals surface area contributed by atoms with E-state index in [1.54, 1.807) is 0 Å². The van der Waals surface area contributed by atoms with Gasteiger partial charge in [-0.05, 0) is 56.5 Å². The van der Waals surface area contributed by atoms with Crippen LogP contribution in [0.15, 0.2) is 16.6 Å². The van der Waals surface area contributed by atoms with Crippen molar-refractivity contribution in [3.05, 3.63) is 33.3 Å². The van der Waals surface area contributed by atoms with Crippen LogP contribution in [0.25, 0.3) is 0 Å². The van der Waals surface area contributed by atoms with Crippen LogP contribution in [0.5, 0.6) is 0 Å². The zero-order valence-corrected chi connectivity index (χ0v) is 13.8. The molecule has 0 aliphatic rings. The Bertz CT molecular complexity index is 427. The van der Waals surface area contributed by atoms with Crippen LogP contribution < -0.4 is 0 Å². The summed E-state index contributed by atoms with van der Waals surface area (Å²) in [5.74, 6) is 0. The molecule has 0 unspecified atom stereocenters. The van der Waals surface area contributed by atoms with Crippen molar-refractivity contribution < 1.29 is 13.6 Å². The second-order valence-electron chi connectivity index (χ2n) is 4.12. The smallest absolute Gasteiger partial charge is 0.309 e. The third kappa shape index (κ3) is 4.20. The van der Waals surface area contributed by atoms with Gasteiger partial charge < -0.3 is 9.05 Å². The molecule has 18 heavy (non-hydrogen) atoms. The predicted octanol–water partition coefficient (Wildman–Crippen LogP) is 4.83. The molecule has 0 bridgehead atoms. The second kappa shape index (κ2) is 6.85. The van der Waals surface area contributed by atoms with Gasteiger partial charge in [-0.15, -0.1) is 0 Å². The summed E-state index contributed by atoms with van der Waals surface area (Å²) in [6.45, 7) is 8.46. The summed E-state index contributed by atoms with van der Waals surface area (Å²) in [6, 6.07) is 4.04. The van der Waals surface area contributed by atoms with Gasteiger partial charge in [0.25, 0.3) is 0 Å². The Balaban J connectivity index is 3.04. The fraction of sp³-hybridized carbons (Fsp3) is 0.538. The summed E-state index contributed by atoms with van der Waals surface area (Å²) in [7, 11) is -3.03. The van der Waals surface area contributed by atoms with Gasteiger partial charge in [0.2, 0.25) is 0 Å². The Labute approximate surface area is 118 Å². The highest BCUT2D eigenvalue weighted by atomic mass is 79.9. The van der Waals surface area contributed by atoms with Crippen molar-refractivity contribution in [3.8, 4) is 0 Å². The van der Waals surface area contributed by atoms with Gasteiger partial charge in [0, 0.05) is 4.47 Å². The van der Waals surface area contributed by atoms with Gasteiger partial charge in [-0.2, -0.15) is 0 Å². The van der Waals surface area contributed by atoms with Crippen molar-refractivity contribution in [1.29, 1.82) is 0 Å². The zero-order valence-electron chi connectivity index (χ0n) is 11.3. The van der Waals surface area contributed by atoms with E-state index in [2.05, 4.69) is 15.9 Å². The Morgan fingerprint density at radius 2 is 1.56 bits per heavy atom. The first-order chi connectivity index (χ1) is 8.41. The molecule has 1 aromatic carbocycles. The molecule has 1 rings (SSSR count). The second-order valence-corrected chi connectivity index (χ2v) is 7.09. The van der Waals surface area contributed by atoms with Crippen molar-refractivity contribution >= 4 is 23.5 Å². The molecule has 102 valence electrons. The summed E-state index contributed by atoms with van der Waals surface area (Å²) < 4.78 is 24.2. The summed E-state index contributed by atoms with van der Waals surface area (Å²) in [5.41, 5.74) is 3.24. The van der Waals surface area contributed by atoms with Crippen LogP contribution in [0.4, 0.5) is 0 Å². The lowest BCUT2D eigenvalue weighted by molar-refractivity contribution is 0.219. The quantitative estimate of drug-likeness (QED) is 0.699. The zero-order chi connectivity index (χ0) is 13.8. The third-order valence-corrected chi connectivity index (χ3v) is 5.13. The van der Waals surface area contributed by atoms with Gasteiger partial charge in [-0.3, -0.25) is 4.57 Å². The first-order valence-corrected chi connectivity index (χ1v) is 8.57. The monoisotopic (exact) mass is 334 g/mol. The van der Waals surface area contributed by atoms with Crippen molar-refractivity contribution in [2.24, 2.45) is 0 Å². The lowest BCUT2D eigenvalue weighted by atomic mass is 10.1.